The molecule has 2 aromatic carbocycles. The molecule has 0 aliphatic rings. The molecule has 0 fully saturated rings. The zero-order valence-corrected chi connectivity index (χ0v) is 13.3. The summed E-state index contributed by atoms with van der Waals surface area (Å²) in [5, 5.41) is 2.53. The maximum atomic E-state index is 13.7. The van der Waals surface area contributed by atoms with E-state index in [0.717, 1.165) is 6.42 Å². The second-order valence-corrected chi connectivity index (χ2v) is 5.72. The first-order valence-corrected chi connectivity index (χ1v) is 7.55. The number of carbonyl (C=O) groups excluding carboxylic acids is 1. The van der Waals surface area contributed by atoms with E-state index in [-0.39, 0.29) is 5.69 Å². The number of hydrogen-bond acceptors (Lipinski definition) is 3. The van der Waals surface area contributed by atoms with Gasteiger partial charge >= 0.3 is 0 Å². The Morgan fingerprint density at radius 1 is 1.26 bits per heavy atom. The van der Waals surface area contributed by atoms with Gasteiger partial charge in [0.15, 0.2) is 0 Å². The highest BCUT2D eigenvalue weighted by molar-refractivity contribution is 6.06. The molecule has 5 heteroatoms. The van der Waals surface area contributed by atoms with Crippen molar-refractivity contribution in [2.24, 2.45) is 5.92 Å². The first-order chi connectivity index (χ1) is 11.0. The quantitative estimate of drug-likeness (QED) is 0.789. The van der Waals surface area contributed by atoms with Crippen molar-refractivity contribution in [3.8, 4) is 5.75 Å². The van der Waals surface area contributed by atoms with Crippen LogP contribution in [0.25, 0.3) is 0 Å². The highest BCUT2D eigenvalue weighted by Crippen LogP contribution is 2.22. The molecule has 0 bridgehead atoms. The molecule has 0 heterocycles. The number of nitrogens with two attached hydrogens (primary N) is 1. The lowest BCUT2D eigenvalue weighted by molar-refractivity contribution is 0.102. The van der Waals surface area contributed by atoms with Gasteiger partial charge in [-0.15, -0.1) is 0 Å². The number of benzene rings is 2. The summed E-state index contributed by atoms with van der Waals surface area (Å²) < 4.78 is 19.4. The normalized spacial score (nSPS) is 10.6. The fourth-order valence-electron chi connectivity index (χ4n) is 2.01. The summed E-state index contributed by atoms with van der Waals surface area (Å²) in [6, 6.07) is 10.9. The van der Waals surface area contributed by atoms with Crippen molar-refractivity contribution in [3.05, 3.63) is 53.8 Å². The third kappa shape index (κ3) is 4.71. The number of rotatable bonds is 6. The Morgan fingerprint density at radius 3 is 2.74 bits per heavy atom. The molecule has 0 aliphatic carbocycles. The molecule has 2 rings (SSSR count). The van der Waals surface area contributed by atoms with Crippen LogP contribution in [0.15, 0.2) is 42.5 Å². The number of nitrogen functional groups attached to an aromatic ring is 1. The molecule has 1 amide bonds. The predicted octanol–water partition coefficient (Wildman–Crippen LogP) is 4.09. The standard InChI is InChI=1S/C18H21FN2O2/c1-12(2)9-10-23-17-6-4-3-5-14(17)18(22)21-16-11-13(20)7-8-15(16)19/h3-8,11-12H,9-10,20H2,1-2H3,(H,21,22). The average Bonchev–Trinajstić information content (AvgIpc) is 2.51. The van der Waals surface area contributed by atoms with Crippen molar-refractivity contribution in [3.63, 3.8) is 0 Å². The van der Waals surface area contributed by atoms with Crippen molar-refractivity contribution in [1.29, 1.82) is 0 Å². The Kier molecular flexibility index (Phi) is 5.57. The molecule has 122 valence electrons. The zero-order valence-electron chi connectivity index (χ0n) is 13.3. The summed E-state index contributed by atoms with van der Waals surface area (Å²) in [6.45, 7) is 4.73. The van der Waals surface area contributed by atoms with Crippen molar-refractivity contribution >= 4 is 17.3 Å². The van der Waals surface area contributed by atoms with E-state index in [4.69, 9.17) is 10.5 Å². The van der Waals surface area contributed by atoms with E-state index in [9.17, 15) is 9.18 Å². The van der Waals surface area contributed by atoms with E-state index in [1.807, 2.05) is 0 Å². The van der Waals surface area contributed by atoms with Gasteiger partial charge < -0.3 is 15.8 Å². The zero-order chi connectivity index (χ0) is 16.8. The Balaban J connectivity index is 2.14. The van der Waals surface area contributed by atoms with Crippen LogP contribution >= 0.6 is 0 Å². The van der Waals surface area contributed by atoms with Crippen LogP contribution in [0, 0.1) is 11.7 Å². The van der Waals surface area contributed by atoms with Gasteiger partial charge in [-0.25, -0.2) is 4.39 Å². The Hall–Kier alpha value is -2.56. The molecule has 0 aliphatic heterocycles. The van der Waals surface area contributed by atoms with Gasteiger partial charge in [0.1, 0.15) is 11.6 Å². The molecule has 4 nitrogen and oxygen atoms in total. The number of nitrogens with one attached hydrogen (secondary N) is 1. The SMILES string of the molecule is CC(C)CCOc1ccccc1C(=O)Nc1cc(N)ccc1F. The largest absolute Gasteiger partial charge is 0.493 e. The number of anilines is 2. The van der Waals surface area contributed by atoms with E-state index in [1.165, 1.54) is 18.2 Å². The molecular formula is C18H21FN2O2. The molecule has 0 aromatic heterocycles. The number of hydrogen-bond donors (Lipinski definition) is 2. The fourth-order valence-corrected chi connectivity index (χ4v) is 2.01. The van der Waals surface area contributed by atoms with Crippen molar-refractivity contribution in [2.75, 3.05) is 17.7 Å². The fraction of sp³-hybridized carbons (Fsp3) is 0.278. The number of halogens is 1. The smallest absolute Gasteiger partial charge is 0.259 e. The molecule has 0 saturated carbocycles. The molecule has 0 atom stereocenters. The molecule has 0 radical (unpaired) electrons. The summed E-state index contributed by atoms with van der Waals surface area (Å²) in [4.78, 5) is 12.4. The highest BCUT2D eigenvalue weighted by Gasteiger charge is 2.14. The number of ether oxygens (including phenoxy) is 1. The van der Waals surface area contributed by atoms with Gasteiger partial charge in [-0.3, -0.25) is 4.79 Å². The molecule has 23 heavy (non-hydrogen) atoms. The number of carbonyl (C=O) groups is 1. The maximum Gasteiger partial charge on any atom is 0.259 e. The minimum Gasteiger partial charge on any atom is -0.493 e. The topological polar surface area (TPSA) is 64.3 Å². The van der Waals surface area contributed by atoms with Gasteiger partial charge in [-0.2, -0.15) is 0 Å². The van der Waals surface area contributed by atoms with Crippen LogP contribution in [0.3, 0.4) is 0 Å². The van der Waals surface area contributed by atoms with Crippen LogP contribution in [-0.4, -0.2) is 12.5 Å². The van der Waals surface area contributed by atoms with Crippen LogP contribution in [-0.2, 0) is 0 Å². The van der Waals surface area contributed by atoms with E-state index in [0.29, 0.717) is 29.5 Å². The summed E-state index contributed by atoms with van der Waals surface area (Å²) in [6.07, 6.45) is 0.889. The number of para-hydroxylation sites is 1. The maximum absolute atomic E-state index is 13.7. The van der Waals surface area contributed by atoms with Gasteiger partial charge in [-0.1, -0.05) is 26.0 Å². The first-order valence-electron chi connectivity index (χ1n) is 7.55. The number of amides is 1. The van der Waals surface area contributed by atoms with Gasteiger partial charge in [0.25, 0.3) is 5.91 Å². The van der Waals surface area contributed by atoms with E-state index in [1.54, 1.807) is 24.3 Å². The highest BCUT2D eigenvalue weighted by atomic mass is 19.1. The molecule has 0 saturated heterocycles. The van der Waals surface area contributed by atoms with Crippen molar-refractivity contribution < 1.29 is 13.9 Å². The third-order valence-corrected chi connectivity index (χ3v) is 3.32. The van der Waals surface area contributed by atoms with Gasteiger partial charge in [0, 0.05) is 5.69 Å². The Labute approximate surface area is 135 Å². The van der Waals surface area contributed by atoms with Crippen LogP contribution in [0.2, 0.25) is 0 Å². The van der Waals surface area contributed by atoms with Gasteiger partial charge in [0.05, 0.1) is 17.9 Å². The minimum absolute atomic E-state index is 0.0481. The average molecular weight is 316 g/mol. The van der Waals surface area contributed by atoms with Crippen LogP contribution in [0.5, 0.6) is 5.75 Å². The van der Waals surface area contributed by atoms with Crippen LogP contribution in [0.4, 0.5) is 15.8 Å². The van der Waals surface area contributed by atoms with Crippen molar-refractivity contribution in [1.82, 2.24) is 0 Å². The monoisotopic (exact) mass is 316 g/mol. The lowest BCUT2D eigenvalue weighted by Crippen LogP contribution is -2.15. The van der Waals surface area contributed by atoms with E-state index < -0.39 is 11.7 Å². The lowest BCUT2D eigenvalue weighted by atomic mass is 10.1. The minimum atomic E-state index is -0.536. The first kappa shape index (κ1) is 16.8. The molecular weight excluding hydrogens is 295 g/mol. The third-order valence-electron chi connectivity index (χ3n) is 3.32. The predicted molar refractivity (Wildman–Crippen MR) is 90.2 cm³/mol. The Morgan fingerprint density at radius 2 is 2.00 bits per heavy atom. The Bertz CT molecular complexity index is 686. The van der Waals surface area contributed by atoms with E-state index >= 15 is 0 Å². The second-order valence-electron chi connectivity index (χ2n) is 5.72. The van der Waals surface area contributed by atoms with Gasteiger partial charge in [-0.05, 0) is 42.7 Å². The summed E-state index contributed by atoms with van der Waals surface area (Å²) in [5.74, 6) is 0.0211. The molecule has 0 spiro atoms. The molecule has 2 aromatic rings. The van der Waals surface area contributed by atoms with Crippen LogP contribution < -0.4 is 15.8 Å². The van der Waals surface area contributed by atoms with E-state index in [2.05, 4.69) is 19.2 Å². The lowest BCUT2D eigenvalue weighted by Gasteiger charge is -2.13. The summed E-state index contributed by atoms with van der Waals surface area (Å²) in [5.41, 5.74) is 6.41. The molecule has 3 N–H and O–H groups in total. The van der Waals surface area contributed by atoms with Gasteiger partial charge in [0.2, 0.25) is 0 Å². The van der Waals surface area contributed by atoms with Crippen LogP contribution in [0.1, 0.15) is 30.6 Å². The summed E-state index contributed by atoms with van der Waals surface area (Å²) in [7, 11) is 0. The summed E-state index contributed by atoms with van der Waals surface area (Å²) >= 11 is 0. The molecule has 0 unspecified atom stereocenters. The van der Waals surface area contributed by atoms with Crippen molar-refractivity contribution in [2.45, 2.75) is 20.3 Å². The second kappa shape index (κ2) is 7.63.